The van der Waals surface area contributed by atoms with E-state index in [9.17, 15) is 9.59 Å². The van der Waals surface area contributed by atoms with Gasteiger partial charge in [-0.1, -0.05) is 20.8 Å². The molecular weight excluding hydrogens is 216 g/mol. The Morgan fingerprint density at radius 1 is 1.29 bits per heavy atom. The molecular formula is C14H22O3. The van der Waals surface area contributed by atoms with Crippen LogP contribution in [-0.2, 0) is 14.3 Å². The molecule has 17 heavy (non-hydrogen) atoms. The second-order valence-electron chi connectivity index (χ2n) is 6.47. The number of esters is 1. The number of carbonyl (C=O) groups is 2. The summed E-state index contributed by atoms with van der Waals surface area (Å²) in [5.74, 6) is 0.178. The molecule has 2 aliphatic rings. The Morgan fingerprint density at radius 2 is 1.94 bits per heavy atom. The smallest absolute Gasteiger partial charge is 0.313 e. The number of ether oxygens (including phenoxy) is 1. The number of fused-ring (bicyclic) bond motifs is 2. The number of hydrogen-bond donors (Lipinski definition) is 0. The van der Waals surface area contributed by atoms with Crippen LogP contribution in [0.3, 0.4) is 0 Å². The summed E-state index contributed by atoms with van der Waals surface area (Å²) < 4.78 is 5.53. The molecule has 0 heterocycles. The minimum Gasteiger partial charge on any atom is -0.461 e. The van der Waals surface area contributed by atoms with E-state index in [2.05, 4.69) is 20.8 Å². The second-order valence-corrected chi connectivity index (χ2v) is 6.47. The third-order valence-corrected chi connectivity index (χ3v) is 5.38. The molecule has 0 spiro atoms. The van der Waals surface area contributed by atoms with E-state index in [1.54, 1.807) is 0 Å². The third kappa shape index (κ3) is 1.80. The van der Waals surface area contributed by atoms with Crippen molar-refractivity contribution in [2.45, 2.75) is 59.5 Å². The second kappa shape index (κ2) is 3.82. The van der Waals surface area contributed by atoms with E-state index in [4.69, 9.17) is 4.74 Å². The van der Waals surface area contributed by atoms with Gasteiger partial charge in [0, 0.05) is 5.41 Å². The first-order chi connectivity index (χ1) is 7.77. The van der Waals surface area contributed by atoms with Crippen LogP contribution in [0.2, 0.25) is 0 Å². The maximum Gasteiger partial charge on any atom is 0.313 e. The molecule has 2 saturated carbocycles. The lowest BCUT2D eigenvalue weighted by molar-refractivity contribution is -0.157. The van der Waals surface area contributed by atoms with Gasteiger partial charge < -0.3 is 4.74 Å². The molecule has 2 bridgehead atoms. The Balaban J connectivity index is 2.06. The van der Waals surface area contributed by atoms with Crippen molar-refractivity contribution in [3.05, 3.63) is 0 Å². The highest BCUT2D eigenvalue weighted by atomic mass is 16.5. The first-order valence-corrected chi connectivity index (χ1v) is 6.46. The van der Waals surface area contributed by atoms with E-state index in [1.165, 1.54) is 13.3 Å². The fourth-order valence-electron chi connectivity index (χ4n) is 3.71. The van der Waals surface area contributed by atoms with Crippen molar-refractivity contribution in [3.63, 3.8) is 0 Å². The van der Waals surface area contributed by atoms with E-state index < -0.39 is 0 Å². The first kappa shape index (κ1) is 12.6. The number of carbonyl (C=O) groups excluding carboxylic acids is 2. The molecule has 2 aliphatic carbocycles. The highest BCUT2D eigenvalue weighted by Crippen LogP contribution is 2.66. The molecule has 2 rings (SSSR count). The Labute approximate surface area is 103 Å². The molecule has 0 aromatic rings. The zero-order valence-corrected chi connectivity index (χ0v) is 11.2. The number of ketones is 1. The Morgan fingerprint density at radius 3 is 2.35 bits per heavy atom. The minimum atomic E-state index is -0.355. The van der Waals surface area contributed by atoms with Crippen LogP contribution in [0.5, 0.6) is 0 Å². The molecule has 0 N–H and O–H groups in total. The van der Waals surface area contributed by atoms with Gasteiger partial charge >= 0.3 is 5.97 Å². The number of Topliss-reactive ketones (excluding diaryl/α,β-unsaturated/α-hetero) is 1. The number of hydrogen-bond acceptors (Lipinski definition) is 3. The van der Waals surface area contributed by atoms with Crippen LogP contribution in [-0.4, -0.2) is 17.9 Å². The Hall–Kier alpha value is -0.860. The summed E-state index contributed by atoms with van der Waals surface area (Å²) in [6.07, 6.45) is 3.25. The van der Waals surface area contributed by atoms with Crippen LogP contribution in [0.25, 0.3) is 0 Å². The van der Waals surface area contributed by atoms with Crippen LogP contribution in [0.4, 0.5) is 0 Å². The van der Waals surface area contributed by atoms with E-state index in [-0.39, 0.29) is 35.1 Å². The van der Waals surface area contributed by atoms with Gasteiger partial charge in [0.15, 0.2) is 0 Å². The van der Waals surface area contributed by atoms with E-state index >= 15 is 0 Å². The average molecular weight is 238 g/mol. The average Bonchev–Trinajstić information content (AvgIpc) is 2.49. The van der Waals surface area contributed by atoms with E-state index in [0.717, 1.165) is 12.8 Å². The quantitative estimate of drug-likeness (QED) is 0.561. The van der Waals surface area contributed by atoms with Gasteiger partial charge in [-0.25, -0.2) is 0 Å². The fourth-order valence-corrected chi connectivity index (χ4v) is 3.71. The van der Waals surface area contributed by atoms with E-state index in [0.29, 0.717) is 5.92 Å². The van der Waals surface area contributed by atoms with Crippen molar-refractivity contribution < 1.29 is 14.3 Å². The monoisotopic (exact) mass is 238 g/mol. The highest BCUT2D eigenvalue weighted by molar-refractivity contribution is 5.94. The van der Waals surface area contributed by atoms with Crippen molar-refractivity contribution in [2.75, 3.05) is 0 Å². The standard InChI is InChI=1S/C14H22O3/c1-9(15)7-12(16)17-11-8-10-5-6-14(11,4)13(10,2)3/h10-11H,5-8H2,1-4H3/t10-,11+,14+/m0/s1. The summed E-state index contributed by atoms with van der Waals surface area (Å²) in [5, 5.41) is 0. The van der Waals surface area contributed by atoms with Crippen molar-refractivity contribution in [3.8, 4) is 0 Å². The van der Waals surface area contributed by atoms with Crippen LogP contribution >= 0.6 is 0 Å². The summed E-state index contributed by atoms with van der Waals surface area (Å²) in [4.78, 5) is 22.5. The molecule has 96 valence electrons. The molecule has 0 aliphatic heterocycles. The molecule has 3 heteroatoms. The Bertz CT molecular complexity index is 358. The third-order valence-electron chi connectivity index (χ3n) is 5.38. The molecule has 0 radical (unpaired) electrons. The van der Waals surface area contributed by atoms with Crippen molar-refractivity contribution in [1.82, 2.24) is 0 Å². The maximum absolute atomic E-state index is 11.6. The molecule has 0 aromatic heterocycles. The summed E-state index contributed by atoms with van der Waals surface area (Å²) >= 11 is 0. The zero-order valence-electron chi connectivity index (χ0n) is 11.2. The molecule has 0 saturated heterocycles. The highest BCUT2D eigenvalue weighted by Gasteiger charge is 2.62. The van der Waals surface area contributed by atoms with E-state index in [1.807, 2.05) is 0 Å². The fraction of sp³-hybridized carbons (Fsp3) is 0.857. The normalized spacial score (nSPS) is 38.1. The predicted octanol–water partition coefficient (Wildman–Crippen LogP) is 2.72. The van der Waals surface area contributed by atoms with Gasteiger partial charge in [0.2, 0.25) is 0 Å². The van der Waals surface area contributed by atoms with Gasteiger partial charge in [0.25, 0.3) is 0 Å². The van der Waals surface area contributed by atoms with Gasteiger partial charge in [-0.05, 0) is 37.5 Å². The predicted molar refractivity (Wildman–Crippen MR) is 64.4 cm³/mol. The minimum absolute atomic E-state index is 0.00287. The van der Waals surface area contributed by atoms with Crippen molar-refractivity contribution in [2.24, 2.45) is 16.7 Å². The Kier molecular flexibility index (Phi) is 2.83. The summed E-state index contributed by atoms with van der Waals surface area (Å²) in [5.41, 5.74) is 0.332. The topological polar surface area (TPSA) is 43.4 Å². The largest absolute Gasteiger partial charge is 0.461 e. The molecule has 3 atom stereocenters. The first-order valence-electron chi connectivity index (χ1n) is 6.46. The van der Waals surface area contributed by atoms with Gasteiger partial charge in [0.1, 0.15) is 18.3 Å². The maximum atomic E-state index is 11.6. The molecule has 0 aromatic carbocycles. The number of rotatable bonds is 3. The summed E-state index contributed by atoms with van der Waals surface area (Å²) in [7, 11) is 0. The van der Waals surface area contributed by atoms with Gasteiger partial charge in [0.05, 0.1) is 0 Å². The van der Waals surface area contributed by atoms with Gasteiger partial charge in [-0.15, -0.1) is 0 Å². The zero-order chi connectivity index (χ0) is 12.8. The van der Waals surface area contributed by atoms with Gasteiger partial charge in [-0.3, -0.25) is 9.59 Å². The van der Waals surface area contributed by atoms with Crippen LogP contribution < -0.4 is 0 Å². The van der Waals surface area contributed by atoms with Crippen LogP contribution in [0.15, 0.2) is 0 Å². The van der Waals surface area contributed by atoms with Crippen molar-refractivity contribution in [1.29, 1.82) is 0 Å². The lowest BCUT2D eigenvalue weighted by Gasteiger charge is -2.38. The SMILES string of the molecule is CC(=O)CC(=O)O[C@@H]1C[C@@H]2CC[C@@]1(C)C2(C)C. The molecule has 3 nitrogen and oxygen atoms in total. The summed E-state index contributed by atoms with van der Waals surface area (Å²) in [6, 6.07) is 0. The molecule has 0 amide bonds. The van der Waals surface area contributed by atoms with Crippen molar-refractivity contribution >= 4 is 11.8 Å². The lowest BCUT2D eigenvalue weighted by atomic mass is 9.70. The molecule has 0 unspecified atom stereocenters. The van der Waals surface area contributed by atoms with Gasteiger partial charge in [-0.2, -0.15) is 0 Å². The molecule has 2 fully saturated rings. The van der Waals surface area contributed by atoms with Crippen LogP contribution in [0.1, 0.15) is 53.4 Å². The summed E-state index contributed by atoms with van der Waals surface area (Å²) in [6.45, 7) is 8.21. The lowest BCUT2D eigenvalue weighted by Crippen LogP contribution is -2.38. The van der Waals surface area contributed by atoms with Crippen LogP contribution in [0, 0.1) is 16.7 Å².